The maximum absolute atomic E-state index is 12.4. The number of hydrogen-bond acceptors (Lipinski definition) is 5. The minimum absolute atomic E-state index is 0.121. The summed E-state index contributed by atoms with van der Waals surface area (Å²) < 4.78 is 16.3. The first-order valence-electron chi connectivity index (χ1n) is 10.0. The SMILES string of the molecule is CCOc1ccc2oc(C(=O)OCC(=O)NC3CCCC(C)C3C)c(C)c2c1. The number of esters is 1. The second kappa shape index (κ2) is 8.67. The van der Waals surface area contributed by atoms with Crippen LogP contribution in [0.4, 0.5) is 0 Å². The van der Waals surface area contributed by atoms with Gasteiger partial charge in [0.2, 0.25) is 5.76 Å². The fourth-order valence-corrected chi connectivity index (χ4v) is 3.88. The molecule has 1 aromatic heterocycles. The van der Waals surface area contributed by atoms with Crippen LogP contribution in [0.3, 0.4) is 0 Å². The lowest BCUT2D eigenvalue weighted by molar-refractivity contribution is -0.125. The molecular formula is C22H29NO5. The van der Waals surface area contributed by atoms with Crippen LogP contribution < -0.4 is 10.1 Å². The summed E-state index contributed by atoms with van der Waals surface area (Å²) in [6.07, 6.45) is 3.27. The van der Waals surface area contributed by atoms with Crippen LogP contribution in [-0.2, 0) is 9.53 Å². The number of ether oxygens (including phenoxy) is 2. The lowest BCUT2D eigenvalue weighted by Crippen LogP contribution is -2.45. The summed E-state index contributed by atoms with van der Waals surface area (Å²) in [5, 5.41) is 3.80. The average Bonchev–Trinajstić information content (AvgIpc) is 3.00. The van der Waals surface area contributed by atoms with Gasteiger partial charge in [0.25, 0.3) is 5.91 Å². The fourth-order valence-electron chi connectivity index (χ4n) is 3.88. The molecular weight excluding hydrogens is 358 g/mol. The monoisotopic (exact) mass is 387 g/mol. The first kappa shape index (κ1) is 20.2. The minimum Gasteiger partial charge on any atom is -0.494 e. The van der Waals surface area contributed by atoms with Gasteiger partial charge < -0.3 is 19.2 Å². The van der Waals surface area contributed by atoms with Crippen molar-refractivity contribution in [3.05, 3.63) is 29.5 Å². The van der Waals surface area contributed by atoms with E-state index in [0.717, 1.165) is 18.2 Å². The highest BCUT2D eigenvalue weighted by molar-refractivity contribution is 5.97. The van der Waals surface area contributed by atoms with Gasteiger partial charge >= 0.3 is 5.97 Å². The second-order valence-electron chi connectivity index (χ2n) is 7.66. The topological polar surface area (TPSA) is 77.8 Å². The highest BCUT2D eigenvalue weighted by Gasteiger charge is 2.28. The van der Waals surface area contributed by atoms with E-state index >= 15 is 0 Å². The van der Waals surface area contributed by atoms with E-state index in [1.807, 2.05) is 13.0 Å². The Morgan fingerprint density at radius 3 is 2.79 bits per heavy atom. The Labute approximate surface area is 165 Å². The molecule has 0 aliphatic heterocycles. The molecule has 0 spiro atoms. The van der Waals surface area contributed by atoms with Crippen molar-refractivity contribution in [3.8, 4) is 5.75 Å². The quantitative estimate of drug-likeness (QED) is 0.750. The lowest BCUT2D eigenvalue weighted by atomic mass is 9.78. The minimum atomic E-state index is -0.633. The number of furan rings is 1. The number of aryl methyl sites for hydroxylation is 1. The van der Waals surface area contributed by atoms with Crippen LogP contribution in [0.25, 0.3) is 11.0 Å². The lowest BCUT2D eigenvalue weighted by Gasteiger charge is -2.34. The van der Waals surface area contributed by atoms with Crippen molar-refractivity contribution < 1.29 is 23.5 Å². The number of hydrogen-bond donors (Lipinski definition) is 1. The molecule has 152 valence electrons. The highest BCUT2D eigenvalue weighted by Crippen LogP contribution is 2.30. The summed E-state index contributed by atoms with van der Waals surface area (Å²) in [6.45, 7) is 8.33. The van der Waals surface area contributed by atoms with Gasteiger partial charge in [-0.3, -0.25) is 4.79 Å². The van der Waals surface area contributed by atoms with Crippen molar-refractivity contribution in [1.82, 2.24) is 5.32 Å². The Kier molecular flexibility index (Phi) is 6.27. The molecule has 2 aromatic rings. The van der Waals surface area contributed by atoms with Crippen molar-refractivity contribution in [2.75, 3.05) is 13.2 Å². The van der Waals surface area contributed by atoms with Crippen molar-refractivity contribution in [3.63, 3.8) is 0 Å². The number of nitrogens with one attached hydrogen (secondary N) is 1. The zero-order valence-corrected chi connectivity index (χ0v) is 17.0. The number of rotatable bonds is 6. The van der Waals surface area contributed by atoms with Gasteiger partial charge in [-0.2, -0.15) is 0 Å². The zero-order valence-electron chi connectivity index (χ0n) is 17.0. The molecule has 1 aliphatic carbocycles. The van der Waals surface area contributed by atoms with Crippen LogP contribution in [-0.4, -0.2) is 31.1 Å². The molecule has 3 rings (SSSR count). The zero-order chi connectivity index (χ0) is 20.3. The molecule has 0 radical (unpaired) electrons. The van der Waals surface area contributed by atoms with Gasteiger partial charge in [-0.1, -0.05) is 26.7 Å². The smallest absolute Gasteiger partial charge is 0.375 e. The van der Waals surface area contributed by atoms with Gasteiger partial charge in [0.05, 0.1) is 6.61 Å². The van der Waals surface area contributed by atoms with E-state index in [0.29, 0.717) is 35.3 Å². The predicted octanol–water partition coefficient (Wildman–Crippen LogP) is 4.24. The molecule has 1 aromatic carbocycles. The Balaban J connectivity index is 1.61. The molecule has 0 bridgehead atoms. The molecule has 0 saturated heterocycles. The van der Waals surface area contributed by atoms with Gasteiger partial charge in [0, 0.05) is 17.0 Å². The third-order valence-electron chi connectivity index (χ3n) is 5.79. The Morgan fingerprint density at radius 2 is 2.04 bits per heavy atom. The van der Waals surface area contributed by atoms with Gasteiger partial charge in [0.1, 0.15) is 11.3 Å². The number of benzene rings is 1. The van der Waals surface area contributed by atoms with Crippen molar-refractivity contribution in [1.29, 1.82) is 0 Å². The first-order valence-corrected chi connectivity index (χ1v) is 10.0. The molecule has 1 heterocycles. The number of carbonyl (C=O) groups excluding carboxylic acids is 2. The van der Waals surface area contributed by atoms with E-state index in [1.54, 1.807) is 19.1 Å². The van der Waals surface area contributed by atoms with Crippen LogP contribution in [0, 0.1) is 18.8 Å². The predicted molar refractivity (Wildman–Crippen MR) is 107 cm³/mol. The summed E-state index contributed by atoms with van der Waals surface area (Å²) in [7, 11) is 0. The number of fused-ring (bicyclic) bond motifs is 1. The van der Waals surface area contributed by atoms with Gasteiger partial charge in [-0.05, 0) is 50.3 Å². The summed E-state index contributed by atoms with van der Waals surface area (Å²) in [4.78, 5) is 24.7. The fraction of sp³-hybridized carbons (Fsp3) is 0.545. The Bertz CT molecular complexity index is 856. The highest BCUT2D eigenvalue weighted by atomic mass is 16.5. The van der Waals surface area contributed by atoms with E-state index in [1.165, 1.54) is 6.42 Å². The van der Waals surface area contributed by atoms with Crippen LogP contribution in [0.1, 0.15) is 56.2 Å². The summed E-state index contributed by atoms with van der Waals surface area (Å²) >= 11 is 0. The molecule has 1 aliphatic rings. The molecule has 3 unspecified atom stereocenters. The number of amides is 1. The average molecular weight is 387 g/mol. The van der Waals surface area contributed by atoms with Gasteiger partial charge in [0.15, 0.2) is 6.61 Å². The van der Waals surface area contributed by atoms with Gasteiger partial charge in [-0.25, -0.2) is 4.79 Å². The first-order chi connectivity index (χ1) is 13.4. The maximum Gasteiger partial charge on any atom is 0.375 e. The third-order valence-corrected chi connectivity index (χ3v) is 5.79. The van der Waals surface area contributed by atoms with Crippen LogP contribution in [0.15, 0.2) is 22.6 Å². The molecule has 1 N–H and O–H groups in total. The molecule has 1 fully saturated rings. The number of carbonyl (C=O) groups is 2. The molecule has 1 amide bonds. The van der Waals surface area contributed by atoms with Crippen LogP contribution in [0.5, 0.6) is 5.75 Å². The van der Waals surface area contributed by atoms with Gasteiger partial charge in [-0.15, -0.1) is 0 Å². The Morgan fingerprint density at radius 1 is 1.25 bits per heavy atom. The van der Waals surface area contributed by atoms with E-state index in [2.05, 4.69) is 19.2 Å². The van der Waals surface area contributed by atoms with E-state index in [-0.39, 0.29) is 24.3 Å². The summed E-state index contributed by atoms with van der Waals surface area (Å²) in [5.41, 5.74) is 1.26. The summed E-state index contributed by atoms with van der Waals surface area (Å²) in [6, 6.07) is 5.54. The van der Waals surface area contributed by atoms with E-state index in [9.17, 15) is 9.59 Å². The standard InChI is InChI=1S/C22H29NO5/c1-5-26-16-9-10-19-17(11-16)15(4)21(28-19)22(25)27-12-20(24)23-18-8-6-7-13(2)14(18)3/h9-11,13-14,18H,5-8,12H2,1-4H3,(H,23,24). The largest absolute Gasteiger partial charge is 0.494 e. The van der Waals surface area contributed by atoms with Crippen LogP contribution in [0.2, 0.25) is 0 Å². The molecule has 3 atom stereocenters. The normalized spacial score (nSPS) is 22.1. The third kappa shape index (κ3) is 4.32. The molecule has 28 heavy (non-hydrogen) atoms. The van der Waals surface area contributed by atoms with Crippen molar-refractivity contribution in [2.24, 2.45) is 11.8 Å². The Hall–Kier alpha value is -2.50. The van der Waals surface area contributed by atoms with Crippen molar-refractivity contribution >= 4 is 22.8 Å². The molecule has 6 heteroatoms. The molecule has 6 nitrogen and oxygen atoms in total. The van der Waals surface area contributed by atoms with Crippen molar-refractivity contribution in [2.45, 2.75) is 53.0 Å². The van der Waals surface area contributed by atoms with Crippen LogP contribution >= 0.6 is 0 Å². The second-order valence-corrected chi connectivity index (χ2v) is 7.66. The maximum atomic E-state index is 12.4. The summed E-state index contributed by atoms with van der Waals surface area (Å²) in [5.74, 6) is 0.940. The molecule has 1 saturated carbocycles. The van der Waals surface area contributed by atoms with E-state index < -0.39 is 5.97 Å². The van der Waals surface area contributed by atoms with E-state index in [4.69, 9.17) is 13.9 Å².